The molecule has 1 saturated heterocycles. The largest absolute Gasteiger partial charge is 0.315 e. The van der Waals surface area contributed by atoms with E-state index in [9.17, 15) is 0 Å². The molecule has 1 unspecified atom stereocenters. The van der Waals surface area contributed by atoms with Gasteiger partial charge in [0, 0.05) is 30.6 Å². The molecule has 2 nitrogen and oxygen atoms in total. The zero-order chi connectivity index (χ0) is 12.8. The van der Waals surface area contributed by atoms with Crippen molar-refractivity contribution in [2.45, 2.75) is 45.6 Å². The zero-order valence-electron chi connectivity index (χ0n) is 11.7. The number of aryl methyl sites for hydroxylation is 1. The fourth-order valence-corrected chi connectivity index (χ4v) is 3.88. The van der Waals surface area contributed by atoms with Gasteiger partial charge in [-0.15, -0.1) is 11.3 Å². The lowest BCUT2D eigenvalue weighted by Crippen LogP contribution is -2.32. The zero-order valence-corrected chi connectivity index (χ0v) is 12.6. The van der Waals surface area contributed by atoms with Gasteiger partial charge in [0.2, 0.25) is 0 Å². The standard InChI is InChI=1S/C15H26N2S/c1-3-4-6-14(15-13(2)7-12-18-15)17-10-5-8-16-9-11-17/h7,12,14,16H,3-6,8-11H2,1-2H3. The Morgan fingerprint density at radius 1 is 1.39 bits per heavy atom. The summed E-state index contributed by atoms with van der Waals surface area (Å²) in [5, 5.41) is 5.76. The lowest BCUT2D eigenvalue weighted by Gasteiger charge is -2.30. The second kappa shape index (κ2) is 7.27. The van der Waals surface area contributed by atoms with Crippen LogP contribution in [0.3, 0.4) is 0 Å². The quantitative estimate of drug-likeness (QED) is 0.876. The van der Waals surface area contributed by atoms with Crippen LogP contribution in [0.25, 0.3) is 0 Å². The number of nitrogens with one attached hydrogen (secondary N) is 1. The van der Waals surface area contributed by atoms with Crippen molar-refractivity contribution in [3.63, 3.8) is 0 Å². The predicted octanol–water partition coefficient (Wildman–Crippen LogP) is 3.58. The van der Waals surface area contributed by atoms with Crippen molar-refractivity contribution in [2.75, 3.05) is 26.2 Å². The SMILES string of the molecule is CCCCC(c1sccc1C)N1CCCNCC1. The van der Waals surface area contributed by atoms with E-state index in [1.54, 1.807) is 4.88 Å². The van der Waals surface area contributed by atoms with Gasteiger partial charge in [-0.1, -0.05) is 19.8 Å². The minimum Gasteiger partial charge on any atom is -0.315 e. The highest BCUT2D eigenvalue weighted by Gasteiger charge is 2.23. The van der Waals surface area contributed by atoms with Gasteiger partial charge < -0.3 is 5.32 Å². The summed E-state index contributed by atoms with van der Waals surface area (Å²) in [5.74, 6) is 0. The highest BCUT2D eigenvalue weighted by Crippen LogP contribution is 2.32. The Bertz CT molecular complexity index is 340. The van der Waals surface area contributed by atoms with E-state index in [1.807, 2.05) is 11.3 Å². The van der Waals surface area contributed by atoms with Crippen LogP contribution in [0.15, 0.2) is 11.4 Å². The van der Waals surface area contributed by atoms with E-state index in [0.29, 0.717) is 6.04 Å². The van der Waals surface area contributed by atoms with Gasteiger partial charge in [-0.05, 0) is 43.3 Å². The summed E-state index contributed by atoms with van der Waals surface area (Å²) in [6, 6.07) is 2.93. The van der Waals surface area contributed by atoms with Crippen molar-refractivity contribution in [1.29, 1.82) is 0 Å². The molecule has 1 aliphatic heterocycles. The molecule has 1 N–H and O–H groups in total. The molecule has 0 spiro atoms. The summed E-state index contributed by atoms with van der Waals surface area (Å²) in [6.07, 6.45) is 5.24. The first-order valence-electron chi connectivity index (χ1n) is 7.31. The van der Waals surface area contributed by atoms with E-state index in [4.69, 9.17) is 0 Å². The van der Waals surface area contributed by atoms with Gasteiger partial charge >= 0.3 is 0 Å². The van der Waals surface area contributed by atoms with Crippen LogP contribution in [-0.4, -0.2) is 31.1 Å². The van der Waals surface area contributed by atoms with Gasteiger partial charge in [0.1, 0.15) is 0 Å². The van der Waals surface area contributed by atoms with Crippen molar-refractivity contribution in [3.05, 3.63) is 21.9 Å². The molecule has 102 valence electrons. The Kier molecular flexibility index (Phi) is 5.67. The van der Waals surface area contributed by atoms with Crippen molar-refractivity contribution in [1.82, 2.24) is 10.2 Å². The van der Waals surface area contributed by atoms with Crippen LogP contribution in [0, 0.1) is 6.92 Å². The molecule has 2 heterocycles. The molecular formula is C15H26N2S. The molecule has 0 aliphatic carbocycles. The van der Waals surface area contributed by atoms with E-state index in [0.717, 1.165) is 6.54 Å². The maximum atomic E-state index is 3.51. The van der Waals surface area contributed by atoms with E-state index in [-0.39, 0.29) is 0 Å². The van der Waals surface area contributed by atoms with Crippen LogP contribution < -0.4 is 5.32 Å². The average molecular weight is 266 g/mol. The number of hydrogen-bond acceptors (Lipinski definition) is 3. The molecule has 0 saturated carbocycles. The van der Waals surface area contributed by atoms with Crippen LogP contribution >= 0.6 is 11.3 Å². The summed E-state index contributed by atoms with van der Waals surface area (Å²) in [6.45, 7) is 9.33. The average Bonchev–Trinajstić information content (AvgIpc) is 2.65. The van der Waals surface area contributed by atoms with E-state index in [1.165, 1.54) is 50.9 Å². The van der Waals surface area contributed by atoms with E-state index < -0.39 is 0 Å². The molecule has 3 heteroatoms. The van der Waals surface area contributed by atoms with Gasteiger partial charge in [0.15, 0.2) is 0 Å². The van der Waals surface area contributed by atoms with E-state index >= 15 is 0 Å². The predicted molar refractivity (Wildman–Crippen MR) is 80.4 cm³/mol. The van der Waals surface area contributed by atoms with Crippen molar-refractivity contribution in [2.24, 2.45) is 0 Å². The first-order valence-corrected chi connectivity index (χ1v) is 8.19. The van der Waals surface area contributed by atoms with Gasteiger partial charge in [0.05, 0.1) is 0 Å². The first kappa shape index (κ1) is 14.0. The second-order valence-corrected chi connectivity index (χ2v) is 6.21. The summed E-state index contributed by atoms with van der Waals surface area (Å²) in [7, 11) is 0. The Balaban J connectivity index is 2.10. The van der Waals surface area contributed by atoms with E-state index in [2.05, 4.69) is 35.5 Å². The van der Waals surface area contributed by atoms with Crippen molar-refractivity contribution < 1.29 is 0 Å². The summed E-state index contributed by atoms with van der Waals surface area (Å²) >= 11 is 1.95. The number of rotatable bonds is 5. The van der Waals surface area contributed by atoms with Gasteiger partial charge in [-0.3, -0.25) is 4.90 Å². The fraction of sp³-hybridized carbons (Fsp3) is 0.733. The van der Waals surface area contributed by atoms with Crippen LogP contribution in [0.1, 0.15) is 49.1 Å². The topological polar surface area (TPSA) is 15.3 Å². The van der Waals surface area contributed by atoms with Crippen LogP contribution in [0.4, 0.5) is 0 Å². The number of thiophene rings is 1. The third kappa shape index (κ3) is 3.56. The van der Waals surface area contributed by atoms with Crippen molar-refractivity contribution >= 4 is 11.3 Å². The highest BCUT2D eigenvalue weighted by molar-refractivity contribution is 7.10. The normalized spacial score (nSPS) is 19.7. The lowest BCUT2D eigenvalue weighted by molar-refractivity contribution is 0.199. The molecule has 1 fully saturated rings. The molecule has 0 aromatic carbocycles. The second-order valence-electron chi connectivity index (χ2n) is 5.27. The van der Waals surface area contributed by atoms with Gasteiger partial charge in [-0.25, -0.2) is 0 Å². The summed E-state index contributed by atoms with van der Waals surface area (Å²) in [5.41, 5.74) is 1.48. The third-order valence-corrected chi connectivity index (χ3v) is 4.97. The molecule has 0 bridgehead atoms. The van der Waals surface area contributed by atoms with Gasteiger partial charge in [0.25, 0.3) is 0 Å². The molecule has 1 aliphatic rings. The Hall–Kier alpha value is -0.380. The smallest absolute Gasteiger partial charge is 0.0444 e. The van der Waals surface area contributed by atoms with Gasteiger partial charge in [-0.2, -0.15) is 0 Å². The lowest BCUT2D eigenvalue weighted by atomic mass is 10.0. The fourth-order valence-electron chi connectivity index (χ4n) is 2.78. The molecule has 1 atom stereocenters. The molecule has 0 radical (unpaired) electrons. The molecular weight excluding hydrogens is 240 g/mol. The number of unbranched alkanes of at least 4 members (excludes halogenated alkanes) is 1. The Morgan fingerprint density at radius 3 is 3.00 bits per heavy atom. The minimum atomic E-state index is 0.657. The van der Waals surface area contributed by atoms with Crippen LogP contribution in [0.5, 0.6) is 0 Å². The summed E-state index contributed by atoms with van der Waals surface area (Å²) < 4.78 is 0. The number of hydrogen-bond donors (Lipinski definition) is 1. The number of nitrogens with zero attached hydrogens (tertiary/aromatic N) is 1. The monoisotopic (exact) mass is 266 g/mol. The summed E-state index contributed by atoms with van der Waals surface area (Å²) in [4.78, 5) is 4.31. The first-order chi connectivity index (χ1) is 8.83. The highest BCUT2D eigenvalue weighted by atomic mass is 32.1. The van der Waals surface area contributed by atoms with Crippen LogP contribution in [-0.2, 0) is 0 Å². The Labute approximate surface area is 115 Å². The maximum absolute atomic E-state index is 3.51. The molecule has 1 aromatic heterocycles. The maximum Gasteiger partial charge on any atom is 0.0444 e. The molecule has 18 heavy (non-hydrogen) atoms. The minimum absolute atomic E-state index is 0.657. The molecule has 2 rings (SSSR count). The van der Waals surface area contributed by atoms with Crippen LogP contribution in [0.2, 0.25) is 0 Å². The van der Waals surface area contributed by atoms with Crippen molar-refractivity contribution in [3.8, 4) is 0 Å². The molecule has 0 amide bonds. The third-order valence-electron chi connectivity index (χ3n) is 3.85. The Morgan fingerprint density at radius 2 is 2.28 bits per heavy atom. The molecule has 1 aromatic rings.